The Morgan fingerprint density at radius 3 is 2.59 bits per heavy atom. The first kappa shape index (κ1) is 13.8. The molecule has 0 radical (unpaired) electrons. The molecule has 0 bridgehead atoms. The molecule has 2 aromatic carbocycles. The molecule has 22 heavy (non-hydrogen) atoms. The zero-order valence-corrected chi connectivity index (χ0v) is 12.2. The third kappa shape index (κ3) is 2.39. The Kier molecular flexibility index (Phi) is 3.18. The van der Waals surface area contributed by atoms with E-state index in [1.807, 2.05) is 30.3 Å². The number of phenolic OH excluding ortho intramolecular Hbond substituents is 1. The minimum Gasteiger partial charge on any atom is -0.507 e. The number of epoxide rings is 2. The van der Waals surface area contributed by atoms with Crippen LogP contribution in [0.2, 0.25) is 5.02 Å². The predicted octanol–water partition coefficient (Wildman–Crippen LogP) is 3.14. The van der Waals surface area contributed by atoms with Crippen LogP contribution in [0.5, 0.6) is 5.75 Å². The normalized spacial score (nSPS) is 29.1. The first-order valence-corrected chi connectivity index (χ1v) is 7.41. The van der Waals surface area contributed by atoms with E-state index in [0.717, 1.165) is 5.56 Å². The monoisotopic (exact) mass is 316 g/mol. The Hall–Kier alpha value is -1.88. The molecule has 0 saturated carbocycles. The first-order chi connectivity index (χ1) is 10.6. The van der Waals surface area contributed by atoms with Gasteiger partial charge in [0, 0.05) is 5.02 Å². The van der Waals surface area contributed by atoms with Gasteiger partial charge in [0.05, 0.1) is 5.56 Å². The Labute approximate surface area is 132 Å². The van der Waals surface area contributed by atoms with Gasteiger partial charge in [-0.25, -0.2) is 0 Å². The number of halogens is 1. The summed E-state index contributed by atoms with van der Waals surface area (Å²) in [5.41, 5.74) is 1.27. The number of aromatic hydroxyl groups is 1. The molecule has 4 rings (SSSR count). The van der Waals surface area contributed by atoms with Crippen LogP contribution < -0.4 is 0 Å². The van der Waals surface area contributed by atoms with E-state index < -0.39 is 6.10 Å². The van der Waals surface area contributed by atoms with Crippen molar-refractivity contribution >= 4 is 17.4 Å². The van der Waals surface area contributed by atoms with Gasteiger partial charge < -0.3 is 14.6 Å². The molecule has 2 aliphatic rings. The van der Waals surface area contributed by atoms with Crippen LogP contribution in [0.25, 0.3) is 0 Å². The van der Waals surface area contributed by atoms with Crippen LogP contribution in [-0.4, -0.2) is 29.2 Å². The molecule has 0 aromatic heterocycles. The summed E-state index contributed by atoms with van der Waals surface area (Å²) in [6.07, 6.45) is -0.936. The molecule has 0 spiro atoms. The lowest BCUT2D eigenvalue weighted by molar-refractivity contribution is 0.0951. The lowest BCUT2D eigenvalue weighted by Gasteiger charge is -2.01. The molecule has 1 N–H and O–H groups in total. The van der Waals surface area contributed by atoms with Gasteiger partial charge in [-0.1, -0.05) is 41.9 Å². The Morgan fingerprint density at radius 1 is 1.05 bits per heavy atom. The van der Waals surface area contributed by atoms with E-state index in [-0.39, 0.29) is 35.4 Å². The van der Waals surface area contributed by atoms with Crippen molar-refractivity contribution in [3.05, 3.63) is 64.7 Å². The van der Waals surface area contributed by atoms with Crippen LogP contribution in [0.4, 0.5) is 0 Å². The predicted molar refractivity (Wildman–Crippen MR) is 80.2 cm³/mol. The number of carbonyl (C=O) groups excluding carboxylic acids is 1. The number of ether oxygens (including phenoxy) is 2. The second kappa shape index (κ2) is 5.09. The summed E-state index contributed by atoms with van der Waals surface area (Å²) >= 11 is 5.87. The van der Waals surface area contributed by atoms with Gasteiger partial charge in [-0.2, -0.15) is 0 Å². The maximum absolute atomic E-state index is 12.4. The molecule has 2 fully saturated rings. The van der Waals surface area contributed by atoms with Gasteiger partial charge >= 0.3 is 0 Å². The number of phenols is 1. The summed E-state index contributed by atoms with van der Waals surface area (Å²) in [4.78, 5) is 12.4. The Bertz CT molecular complexity index is 731. The smallest absolute Gasteiger partial charge is 0.198 e. The molecular weight excluding hydrogens is 304 g/mol. The van der Waals surface area contributed by atoms with E-state index in [9.17, 15) is 9.90 Å². The number of carbonyl (C=O) groups is 1. The fraction of sp³-hybridized carbons (Fsp3) is 0.235. The van der Waals surface area contributed by atoms with Crippen LogP contribution in [0.15, 0.2) is 48.5 Å². The molecule has 0 amide bonds. The average molecular weight is 317 g/mol. The van der Waals surface area contributed by atoms with Crippen LogP contribution in [0.3, 0.4) is 0 Å². The number of hydrogen-bond donors (Lipinski definition) is 1. The van der Waals surface area contributed by atoms with Crippen molar-refractivity contribution < 1.29 is 19.4 Å². The van der Waals surface area contributed by atoms with Crippen molar-refractivity contribution in [2.24, 2.45) is 0 Å². The summed E-state index contributed by atoms with van der Waals surface area (Å²) in [5, 5.41) is 10.2. The van der Waals surface area contributed by atoms with Gasteiger partial charge in [0.15, 0.2) is 5.78 Å². The summed E-state index contributed by atoms with van der Waals surface area (Å²) < 4.78 is 11.1. The molecule has 2 aliphatic heterocycles. The summed E-state index contributed by atoms with van der Waals surface area (Å²) in [5.74, 6) is -0.340. The summed E-state index contributed by atoms with van der Waals surface area (Å²) in [6, 6.07) is 14.2. The number of benzene rings is 2. The highest BCUT2D eigenvalue weighted by atomic mass is 35.5. The van der Waals surface area contributed by atoms with Crippen LogP contribution in [0.1, 0.15) is 22.0 Å². The van der Waals surface area contributed by atoms with Crippen molar-refractivity contribution in [2.45, 2.75) is 24.4 Å². The van der Waals surface area contributed by atoms with Gasteiger partial charge in [-0.15, -0.1) is 0 Å². The average Bonchev–Trinajstić information content (AvgIpc) is 3.42. The molecule has 0 unspecified atom stereocenters. The third-order valence-electron chi connectivity index (χ3n) is 3.99. The minimum absolute atomic E-state index is 0.0167. The Morgan fingerprint density at radius 2 is 1.82 bits per heavy atom. The van der Waals surface area contributed by atoms with Crippen molar-refractivity contribution in [2.75, 3.05) is 0 Å². The van der Waals surface area contributed by atoms with E-state index >= 15 is 0 Å². The van der Waals surface area contributed by atoms with Gasteiger partial charge in [-0.05, 0) is 23.8 Å². The molecule has 5 heteroatoms. The summed E-state index contributed by atoms with van der Waals surface area (Å²) in [6.45, 7) is 0. The molecular formula is C17H13ClO4. The van der Waals surface area contributed by atoms with E-state index in [1.165, 1.54) is 18.2 Å². The third-order valence-corrected chi connectivity index (χ3v) is 4.22. The van der Waals surface area contributed by atoms with E-state index in [4.69, 9.17) is 21.1 Å². The van der Waals surface area contributed by atoms with Crippen LogP contribution >= 0.6 is 11.6 Å². The fourth-order valence-electron chi connectivity index (χ4n) is 2.73. The number of Topliss-reactive ketones (excluding diaryl/α,β-unsaturated/α-hetero) is 1. The summed E-state index contributed by atoms with van der Waals surface area (Å²) in [7, 11) is 0. The molecule has 4 nitrogen and oxygen atoms in total. The maximum Gasteiger partial charge on any atom is 0.198 e. The van der Waals surface area contributed by atoms with Crippen molar-refractivity contribution in [1.82, 2.24) is 0 Å². The van der Waals surface area contributed by atoms with Crippen molar-refractivity contribution in [3.8, 4) is 5.75 Å². The lowest BCUT2D eigenvalue weighted by atomic mass is 10.0. The number of ketones is 1. The molecule has 2 heterocycles. The molecule has 4 atom stereocenters. The van der Waals surface area contributed by atoms with Crippen molar-refractivity contribution in [1.29, 1.82) is 0 Å². The topological polar surface area (TPSA) is 62.4 Å². The first-order valence-electron chi connectivity index (χ1n) is 7.04. The van der Waals surface area contributed by atoms with E-state index in [2.05, 4.69) is 0 Å². The van der Waals surface area contributed by atoms with Gasteiger partial charge in [0.25, 0.3) is 0 Å². The second-order valence-corrected chi connectivity index (χ2v) is 5.92. The SMILES string of the molecule is O=C(c1cc(Cl)ccc1O)[C@@H]1O[C@H]1[C@H]1O[C@@H]1c1ccccc1. The van der Waals surface area contributed by atoms with Crippen LogP contribution in [-0.2, 0) is 9.47 Å². The Balaban J connectivity index is 1.45. The van der Waals surface area contributed by atoms with Gasteiger partial charge in [0.2, 0.25) is 0 Å². The fourth-order valence-corrected chi connectivity index (χ4v) is 2.90. The van der Waals surface area contributed by atoms with Gasteiger partial charge in [-0.3, -0.25) is 4.79 Å². The van der Waals surface area contributed by atoms with E-state index in [0.29, 0.717) is 5.02 Å². The van der Waals surface area contributed by atoms with Gasteiger partial charge in [0.1, 0.15) is 30.2 Å². The zero-order chi connectivity index (χ0) is 15.3. The zero-order valence-electron chi connectivity index (χ0n) is 11.5. The highest BCUT2D eigenvalue weighted by Crippen LogP contribution is 2.48. The lowest BCUT2D eigenvalue weighted by Crippen LogP contribution is -2.14. The highest BCUT2D eigenvalue weighted by Gasteiger charge is 2.60. The quantitative estimate of drug-likeness (QED) is 0.695. The highest BCUT2D eigenvalue weighted by molar-refractivity contribution is 6.31. The van der Waals surface area contributed by atoms with E-state index in [1.54, 1.807) is 0 Å². The molecule has 2 aromatic rings. The maximum atomic E-state index is 12.4. The van der Waals surface area contributed by atoms with Crippen molar-refractivity contribution in [3.63, 3.8) is 0 Å². The number of hydrogen-bond acceptors (Lipinski definition) is 4. The minimum atomic E-state index is -0.567. The number of rotatable bonds is 4. The molecule has 2 saturated heterocycles. The largest absolute Gasteiger partial charge is 0.507 e. The standard InChI is InChI=1S/C17H13ClO4/c18-10-6-7-12(19)11(8-10)13(20)15-17(22-15)16-14(21-16)9-4-2-1-3-5-9/h1-8,14-17,19H/t14-,15+,16+,17-/m1/s1. The second-order valence-electron chi connectivity index (χ2n) is 5.48. The molecule has 0 aliphatic carbocycles. The molecule has 112 valence electrons. The van der Waals surface area contributed by atoms with Crippen LogP contribution in [0, 0.1) is 0 Å².